The van der Waals surface area contributed by atoms with Gasteiger partial charge in [0.05, 0.1) is 0 Å². The second kappa shape index (κ2) is 5.45. The molecule has 5 nitrogen and oxygen atoms in total. The summed E-state index contributed by atoms with van der Waals surface area (Å²) >= 11 is 0. The van der Waals surface area contributed by atoms with Gasteiger partial charge in [0.25, 0.3) is 0 Å². The second-order valence-electron chi connectivity index (χ2n) is 2.06. The molecule has 0 aromatic heterocycles. The highest BCUT2D eigenvalue weighted by atomic mass is 31.2. The number of carbonyl (C=O) groups is 1. The van der Waals surface area contributed by atoms with Crippen LogP contribution in [0.5, 0.6) is 0 Å². The van der Waals surface area contributed by atoms with Crippen molar-refractivity contribution in [1.29, 1.82) is 0 Å². The molecule has 0 rings (SSSR count). The van der Waals surface area contributed by atoms with Crippen LogP contribution in [-0.4, -0.2) is 37.8 Å². The maximum absolute atomic E-state index is 11.7. The summed E-state index contributed by atoms with van der Waals surface area (Å²) in [4.78, 5) is 10.3. The Kier molecular flexibility index (Phi) is 6.24. The summed E-state index contributed by atoms with van der Waals surface area (Å²) in [7, 11) is -2.08. The Hall–Kier alpha value is -0.430. The lowest BCUT2D eigenvalue weighted by Gasteiger charge is -2.13. The van der Waals surface area contributed by atoms with Crippen molar-refractivity contribution >= 4 is 13.4 Å². The molecule has 86 valence electrons. The van der Waals surface area contributed by atoms with Crippen LogP contribution < -0.4 is 0 Å². The van der Waals surface area contributed by atoms with Crippen LogP contribution in [0.4, 0.5) is 13.2 Å². The fourth-order valence-corrected chi connectivity index (χ4v) is 1.41. The average Bonchev–Trinajstić information content (AvgIpc) is 2.02. The van der Waals surface area contributed by atoms with Crippen LogP contribution in [0.3, 0.4) is 0 Å². The van der Waals surface area contributed by atoms with Gasteiger partial charge in [-0.1, -0.05) is 0 Å². The van der Waals surface area contributed by atoms with E-state index in [0.717, 1.165) is 14.2 Å². The van der Waals surface area contributed by atoms with E-state index in [2.05, 4.69) is 9.05 Å². The smallest absolute Gasteiger partial charge is 0.412 e. The van der Waals surface area contributed by atoms with Crippen LogP contribution in [0.25, 0.3) is 0 Å². The minimum atomic E-state index is -5.01. The molecule has 0 aromatic rings. The molecule has 2 N–H and O–H groups in total. The highest BCUT2D eigenvalue weighted by Crippen LogP contribution is 2.47. The number of halogens is 3. The molecule has 0 saturated carbocycles. The number of carbonyl (C=O) groups excluding carboxylic acids is 1. The molecule has 0 atom stereocenters. The summed E-state index contributed by atoms with van der Waals surface area (Å²) < 4.78 is 54.4. The van der Waals surface area contributed by atoms with E-state index in [1.165, 1.54) is 0 Å². The van der Waals surface area contributed by atoms with Crippen molar-refractivity contribution in [1.82, 2.24) is 0 Å². The first kappa shape index (κ1) is 16.0. The normalized spacial score (nSPS) is 12.1. The lowest BCUT2D eigenvalue weighted by atomic mass is 10.4. The minimum absolute atomic E-state index is 0. The van der Waals surface area contributed by atoms with E-state index < -0.39 is 25.7 Å². The van der Waals surface area contributed by atoms with E-state index in [1.54, 1.807) is 0 Å². The van der Waals surface area contributed by atoms with Crippen molar-refractivity contribution in [2.75, 3.05) is 20.4 Å². The van der Waals surface area contributed by atoms with Gasteiger partial charge < -0.3 is 14.5 Å². The van der Waals surface area contributed by atoms with Crippen LogP contribution in [0.15, 0.2) is 0 Å². The van der Waals surface area contributed by atoms with Crippen molar-refractivity contribution in [3.63, 3.8) is 0 Å². The van der Waals surface area contributed by atoms with Crippen LogP contribution in [0.1, 0.15) is 0 Å². The minimum Gasteiger partial charge on any atom is -0.412 e. The number of ketones is 1. The molecule has 0 unspecified atom stereocenters. The van der Waals surface area contributed by atoms with Gasteiger partial charge >= 0.3 is 13.8 Å². The molecule has 9 heteroatoms. The molecule has 0 amide bonds. The Labute approximate surface area is 78.0 Å². The number of hydrogen-bond acceptors (Lipinski definition) is 4. The first-order valence-electron chi connectivity index (χ1n) is 3.06. The van der Waals surface area contributed by atoms with Gasteiger partial charge in [0, 0.05) is 14.2 Å². The standard InChI is InChI=1S/C5H8F3O4P.H2O/c1-11-13(10,12-2)3-4(9)5(6,7)8;/h3H2,1-2H3;1H2. The van der Waals surface area contributed by atoms with E-state index in [0.29, 0.717) is 0 Å². The third-order valence-electron chi connectivity index (χ3n) is 1.21. The molecule has 0 aliphatic carbocycles. The second-order valence-corrected chi connectivity index (χ2v) is 4.32. The predicted octanol–water partition coefficient (Wildman–Crippen LogP) is 0.779. The fraction of sp³-hybridized carbons (Fsp3) is 0.800. The van der Waals surface area contributed by atoms with E-state index in [4.69, 9.17) is 0 Å². The molecule has 0 radical (unpaired) electrons. The zero-order valence-corrected chi connectivity index (χ0v) is 8.32. The summed E-state index contributed by atoms with van der Waals surface area (Å²) in [5.41, 5.74) is 0. The molecule has 14 heavy (non-hydrogen) atoms. The first-order chi connectivity index (χ1) is 5.75. The molecule has 0 spiro atoms. The summed E-state index contributed by atoms with van der Waals surface area (Å²) in [5.74, 6) is -2.13. The number of hydrogen-bond donors (Lipinski definition) is 0. The highest BCUT2D eigenvalue weighted by molar-refractivity contribution is 7.54. The summed E-state index contributed by atoms with van der Waals surface area (Å²) in [6.45, 7) is 0. The Bertz CT molecular complexity index is 230. The third kappa shape index (κ3) is 4.71. The van der Waals surface area contributed by atoms with Gasteiger partial charge in [-0.3, -0.25) is 9.36 Å². The quantitative estimate of drug-likeness (QED) is 0.677. The monoisotopic (exact) mass is 238 g/mol. The summed E-state index contributed by atoms with van der Waals surface area (Å²) in [6, 6.07) is 0. The van der Waals surface area contributed by atoms with Crippen LogP contribution in [-0.2, 0) is 18.4 Å². The summed E-state index contributed by atoms with van der Waals surface area (Å²) in [6.07, 6.45) is -6.30. The van der Waals surface area contributed by atoms with Gasteiger partial charge in [-0.2, -0.15) is 13.2 Å². The lowest BCUT2D eigenvalue weighted by Crippen LogP contribution is -2.26. The molecule has 0 fully saturated rings. The van der Waals surface area contributed by atoms with Gasteiger partial charge in [-0.25, -0.2) is 0 Å². The highest BCUT2D eigenvalue weighted by Gasteiger charge is 2.43. The van der Waals surface area contributed by atoms with Gasteiger partial charge in [0.15, 0.2) is 0 Å². The van der Waals surface area contributed by atoms with Crippen LogP contribution in [0, 0.1) is 0 Å². The number of alkyl halides is 3. The third-order valence-corrected chi connectivity index (χ3v) is 3.00. The SMILES string of the molecule is COP(=O)(CC(=O)C(F)(F)F)OC.O. The molecular weight excluding hydrogens is 228 g/mol. The molecular formula is C5H10F3O5P. The maximum atomic E-state index is 11.7. The Morgan fingerprint density at radius 3 is 1.86 bits per heavy atom. The van der Waals surface area contributed by atoms with Crippen molar-refractivity contribution in [3.8, 4) is 0 Å². The van der Waals surface area contributed by atoms with E-state index >= 15 is 0 Å². The predicted molar refractivity (Wildman–Crippen MR) is 41.2 cm³/mol. The maximum Gasteiger partial charge on any atom is 0.450 e. The molecule has 0 aromatic carbocycles. The molecule has 0 saturated heterocycles. The van der Waals surface area contributed by atoms with Gasteiger partial charge in [-0.05, 0) is 0 Å². The zero-order valence-electron chi connectivity index (χ0n) is 7.42. The zero-order chi connectivity index (χ0) is 10.7. The number of Topliss-reactive ketones (excluding diaryl/α,β-unsaturated/α-hetero) is 1. The Morgan fingerprint density at radius 2 is 1.64 bits per heavy atom. The molecule has 0 bridgehead atoms. The number of rotatable bonds is 4. The van der Waals surface area contributed by atoms with Crippen molar-refractivity contribution in [2.45, 2.75) is 6.18 Å². The fourth-order valence-electron chi connectivity index (χ4n) is 0.469. The van der Waals surface area contributed by atoms with Crippen molar-refractivity contribution in [3.05, 3.63) is 0 Å². The van der Waals surface area contributed by atoms with E-state index in [1.807, 2.05) is 0 Å². The van der Waals surface area contributed by atoms with Crippen LogP contribution >= 0.6 is 7.60 Å². The largest absolute Gasteiger partial charge is 0.450 e. The lowest BCUT2D eigenvalue weighted by molar-refractivity contribution is -0.168. The van der Waals surface area contributed by atoms with Crippen molar-refractivity contribution in [2.24, 2.45) is 0 Å². The Morgan fingerprint density at radius 1 is 1.29 bits per heavy atom. The van der Waals surface area contributed by atoms with E-state index in [-0.39, 0.29) is 5.48 Å². The topological polar surface area (TPSA) is 84.1 Å². The Balaban J connectivity index is 0. The molecule has 0 aliphatic rings. The van der Waals surface area contributed by atoms with Crippen molar-refractivity contribution < 1.29 is 37.1 Å². The first-order valence-corrected chi connectivity index (χ1v) is 4.78. The van der Waals surface area contributed by atoms with E-state index in [9.17, 15) is 22.5 Å². The molecule has 0 heterocycles. The van der Waals surface area contributed by atoms with Gasteiger partial charge in [-0.15, -0.1) is 0 Å². The van der Waals surface area contributed by atoms with Gasteiger partial charge in [0.2, 0.25) is 5.78 Å². The van der Waals surface area contributed by atoms with Gasteiger partial charge in [0.1, 0.15) is 6.16 Å². The average molecular weight is 238 g/mol. The molecule has 0 aliphatic heterocycles. The van der Waals surface area contributed by atoms with Crippen LogP contribution in [0.2, 0.25) is 0 Å². The summed E-state index contributed by atoms with van der Waals surface area (Å²) in [5, 5.41) is 0.